The van der Waals surface area contributed by atoms with Gasteiger partial charge in [-0.1, -0.05) is 18.5 Å². The topological polar surface area (TPSA) is 24.9 Å². The molecule has 0 aliphatic heterocycles. The number of hydrogen-bond acceptors (Lipinski definition) is 4. The van der Waals surface area contributed by atoms with Crippen molar-refractivity contribution in [3.05, 3.63) is 36.9 Å². The number of likely N-dealkylation sites (N-methyl/N-ethyl adjacent to an activating group) is 1. The second-order valence-electron chi connectivity index (χ2n) is 4.27. The zero-order valence-electron chi connectivity index (χ0n) is 10.8. The molecule has 2 heterocycles. The standard InChI is InChI=1S/C13H17ClN2S2/c1-4-15-11(5-10-7-17-9(3)16-10)13-12(14)8(2)6-18-13/h6-7,11,15H,4-5H2,1-3H3. The average molecular weight is 301 g/mol. The molecule has 0 radical (unpaired) electrons. The Kier molecular flexibility index (Phi) is 4.78. The van der Waals surface area contributed by atoms with Crippen LogP contribution in [0.3, 0.4) is 0 Å². The third-order valence-corrected chi connectivity index (χ3v) is 5.42. The quantitative estimate of drug-likeness (QED) is 0.887. The number of thiazole rings is 1. The Morgan fingerprint density at radius 2 is 2.11 bits per heavy atom. The molecule has 98 valence electrons. The highest BCUT2D eigenvalue weighted by atomic mass is 35.5. The molecule has 1 atom stereocenters. The maximum absolute atomic E-state index is 6.36. The van der Waals surface area contributed by atoms with Crippen LogP contribution < -0.4 is 5.32 Å². The van der Waals surface area contributed by atoms with Gasteiger partial charge < -0.3 is 5.32 Å². The van der Waals surface area contributed by atoms with Crippen molar-refractivity contribution in [2.75, 3.05) is 6.54 Å². The summed E-state index contributed by atoms with van der Waals surface area (Å²) in [6.45, 7) is 7.14. The third-order valence-electron chi connectivity index (χ3n) is 2.77. The second-order valence-corrected chi connectivity index (χ2v) is 6.62. The van der Waals surface area contributed by atoms with Gasteiger partial charge in [0.2, 0.25) is 0 Å². The molecule has 0 saturated heterocycles. The summed E-state index contributed by atoms with van der Waals surface area (Å²) in [6, 6.07) is 0.266. The number of halogens is 1. The summed E-state index contributed by atoms with van der Waals surface area (Å²) in [5.74, 6) is 0. The molecule has 2 aromatic heterocycles. The van der Waals surface area contributed by atoms with E-state index in [9.17, 15) is 0 Å². The Hall–Kier alpha value is -0.420. The third kappa shape index (κ3) is 3.12. The van der Waals surface area contributed by atoms with Gasteiger partial charge in [-0.25, -0.2) is 4.98 Å². The number of hydrogen-bond donors (Lipinski definition) is 1. The van der Waals surface area contributed by atoms with Gasteiger partial charge in [0.05, 0.1) is 15.7 Å². The van der Waals surface area contributed by atoms with Gasteiger partial charge in [0.15, 0.2) is 0 Å². The molecule has 0 aromatic carbocycles. The molecule has 0 amide bonds. The normalized spacial score (nSPS) is 12.9. The smallest absolute Gasteiger partial charge is 0.0897 e. The molecular formula is C13H17ClN2S2. The minimum atomic E-state index is 0.266. The fourth-order valence-corrected chi connectivity index (χ4v) is 3.93. The summed E-state index contributed by atoms with van der Waals surface area (Å²) in [5, 5.41) is 9.77. The highest BCUT2D eigenvalue weighted by Crippen LogP contribution is 2.34. The van der Waals surface area contributed by atoms with E-state index in [1.807, 2.05) is 6.92 Å². The highest BCUT2D eigenvalue weighted by molar-refractivity contribution is 7.11. The van der Waals surface area contributed by atoms with E-state index in [1.54, 1.807) is 22.7 Å². The lowest BCUT2D eigenvalue weighted by Crippen LogP contribution is -2.22. The van der Waals surface area contributed by atoms with Gasteiger partial charge in [-0.15, -0.1) is 22.7 Å². The van der Waals surface area contributed by atoms with Crippen LogP contribution in [0, 0.1) is 13.8 Å². The van der Waals surface area contributed by atoms with Crippen LogP contribution in [0.25, 0.3) is 0 Å². The first-order chi connectivity index (χ1) is 8.61. The molecule has 2 aromatic rings. The molecule has 1 N–H and O–H groups in total. The van der Waals surface area contributed by atoms with E-state index < -0.39 is 0 Å². The van der Waals surface area contributed by atoms with Gasteiger partial charge >= 0.3 is 0 Å². The highest BCUT2D eigenvalue weighted by Gasteiger charge is 2.18. The van der Waals surface area contributed by atoms with Crippen LogP contribution in [0.4, 0.5) is 0 Å². The predicted molar refractivity (Wildman–Crippen MR) is 81.0 cm³/mol. The minimum Gasteiger partial charge on any atom is -0.309 e. The number of nitrogens with zero attached hydrogens (tertiary/aromatic N) is 1. The zero-order valence-corrected chi connectivity index (χ0v) is 13.2. The summed E-state index contributed by atoms with van der Waals surface area (Å²) >= 11 is 9.80. The lowest BCUT2D eigenvalue weighted by Gasteiger charge is -2.16. The molecular weight excluding hydrogens is 284 g/mol. The van der Waals surface area contributed by atoms with E-state index in [-0.39, 0.29) is 6.04 Å². The van der Waals surface area contributed by atoms with Gasteiger partial charge in [-0.2, -0.15) is 0 Å². The van der Waals surface area contributed by atoms with Gasteiger partial charge in [-0.3, -0.25) is 0 Å². The van der Waals surface area contributed by atoms with E-state index in [2.05, 4.69) is 34.9 Å². The molecule has 0 aliphatic rings. The fraction of sp³-hybridized carbons (Fsp3) is 0.462. The average Bonchev–Trinajstić information content (AvgIpc) is 2.87. The number of aryl methyl sites for hydroxylation is 2. The fourth-order valence-electron chi connectivity index (χ4n) is 1.90. The van der Waals surface area contributed by atoms with Crippen LogP contribution in [0.5, 0.6) is 0 Å². The Balaban J connectivity index is 2.20. The van der Waals surface area contributed by atoms with Crippen LogP contribution in [0.15, 0.2) is 10.8 Å². The monoisotopic (exact) mass is 300 g/mol. The van der Waals surface area contributed by atoms with Crippen LogP contribution in [-0.2, 0) is 6.42 Å². The molecule has 0 spiro atoms. The first-order valence-electron chi connectivity index (χ1n) is 5.99. The number of aromatic nitrogens is 1. The van der Waals surface area contributed by atoms with Gasteiger partial charge in [0.1, 0.15) is 0 Å². The molecule has 0 saturated carbocycles. The molecule has 0 fully saturated rings. The van der Waals surface area contributed by atoms with Crippen LogP contribution >= 0.6 is 34.3 Å². The number of nitrogens with one attached hydrogen (secondary N) is 1. The largest absolute Gasteiger partial charge is 0.309 e. The number of rotatable bonds is 5. The van der Waals surface area contributed by atoms with Gasteiger partial charge in [0.25, 0.3) is 0 Å². The molecule has 0 bridgehead atoms. The lowest BCUT2D eigenvalue weighted by atomic mass is 10.1. The maximum Gasteiger partial charge on any atom is 0.0897 e. The first-order valence-corrected chi connectivity index (χ1v) is 8.13. The second kappa shape index (κ2) is 6.15. The Labute approximate surface area is 121 Å². The predicted octanol–water partition coefficient (Wildman–Crippen LogP) is 4.37. The Morgan fingerprint density at radius 1 is 1.33 bits per heavy atom. The minimum absolute atomic E-state index is 0.266. The molecule has 1 unspecified atom stereocenters. The van der Waals surface area contributed by atoms with Crippen molar-refractivity contribution in [3.63, 3.8) is 0 Å². The van der Waals surface area contributed by atoms with Crippen LogP contribution in [-0.4, -0.2) is 11.5 Å². The SMILES string of the molecule is CCNC(Cc1csc(C)n1)c1scc(C)c1Cl. The summed E-state index contributed by atoms with van der Waals surface area (Å²) in [6.07, 6.45) is 0.901. The summed E-state index contributed by atoms with van der Waals surface area (Å²) in [4.78, 5) is 5.76. The Bertz CT molecular complexity index is 519. The molecule has 0 aliphatic carbocycles. The molecule has 5 heteroatoms. The lowest BCUT2D eigenvalue weighted by molar-refractivity contribution is 0.553. The van der Waals surface area contributed by atoms with Crippen LogP contribution in [0.2, 0.25) is 5.02 Å². The Morgan fingerprint density at radius 3 is 2.61 bits per heavy atom. The first kappa shape index (κ1) is 14.0. The summed E-state index contributed by atoms with van der Waals surface area (Å²) in [7, 11) is 0. The molecule has 2 nitrogen and oxygen atoms in total. The van der Waals surface area contributed by atoms with E-state index in [4.69, 9.17) is 11.6 Å². The zero-order chi connectivity index (χ0) is 13.1. The van der Waals surface area contributed by atoms with Crippen molar-refractivity contribution < 1.29 is 0 Å². The van der Waals surface area contributed by atoms with Gasteiger partial charge in [0, 0.05) is 22.7 Å². The van der Waals surface area contributed by atoms with Crippen molar-refractivity contribution in [2.24, 2.45) is 0 Å². The van der Waals surface area contributed by atoms with E-state index in [1.165, 1.54) is 4.88 Å². The van der Waals surface area contributed by atoms with Crippen LogP contribution in [0.1, 0.15) is 34.1 Å². The van der Waals surface area contributed by atoms with Crippen molar-refractivity contribution in [2.45, 2.75) is 33.2 Å². The van der Waals surface area contributed by atoms with Crippen molar-refractivity contribution in [1.82, 2.24) is 10.3 Å². The van der Waals surface area contributed by atoms with Crippen molar-refractivity contribution in [3.8, 4) is 0 Å². The number of thiophene rings is 1. The van der Waals surface area contributed by atoms with Gasteiger partial charge in [-0.05, 0) is 31.3 Å². The van der Waals surface area contributed by atoms with Crippen molar-refractivity contribution in [1.29, 1.82) is 0 Å². The summed E-state index contributed by atoms with van der Waals surface area (Å²) < 4.78 is 0. The molecule has 18 heavy (non-hydrogen) atoms. The maximum atomic E-state index is 6.36. The summed E-state index contributed by atoms with van der Waals surface area (Å²) in [5.41, 5.74) is 2.31. The van der Waals surface area contributed by atoms with E-state index in [0.29, 0.717) is 0 Å². The van der Waals surface area contributed by atoms with E-state index in [0.717, 1.165) is 34.3 Å². The molecule has 2 rings (SSSR count). The van der Waals surface area contributed by atoms with E-state index >= 15 is 0 Å². The van der Waals surface area contributed by atoms with Crippen molar-refractivity contribution >= 4 is 34.3 Å².